The molecule has 1 aliphatic heterocycles. The molecule has 1 heterocycles. The lowest BCUT2D eigenvalue weighted by Gasteiger charge is -2.34. The standard InChI is InChI=1S/C19H28F3N3O3/c1-23-9-11-25(12-10-23)14-16(26)13-24(2)18(27)8-5-15-3-6-17(7-4-15)28-19(20,21)22/h3-4,6-7,16,26H,5,8-14H2,1-2H3/t16-/m0/s1. The number of carbonyl (C=O) groups excluding carboxylic acids is 1. The Morgan fingerprint density at radius 1 is 1.21 bits per heavy atom. The molecule has 1 aromatic carbocycles. The van der Waals surface area contributed by atoms with E-state index in [2.05, 4.69) is 21.6 Å². The van der Waals surface area contributed by atoms with Crippen LogP contribution in [0.1, 0.15) is 12.0 Å². The highest BCUT2D eigenvalue weighted by atomic mass is 19.4. The summed E-state index contributed by atoms with van der Waals surface area (Å²) in [5, 5.41) is 10.2. The highest BCUT2D eigenvalue weighted by Gasteiger charge is 2.31. The molecule has 9 heteroatoms. The predicted molar refractivity (Wildman–Crippen MR) is 99.0 cm³/mol. The van der Waals surface area contributed by atoms with Gasteiger partial charge in [-0.2, -0.15) is 0 Å². The zero-order chi connectivity index (χ0) is 20.7. The first-order chi connectivity index (χ1) is 13.1. The van der Waals surface area contributed by atoms with E-state index in [1.165, 1.54) is 29.2 Å². The third-order valence-corrected chi connectivity index (χ3v) is 4.76. The van der Waals surface area contributed by atoms with Crippen molar-refractivity contribution in [2.75, 3.05) is 53.4 Å². The minimum atomic E-state index is -4.72. The van der Waals surface area contributed by atoms with Gasteiger partial charge in [-0.25, -0.2) is 0 Å². The number of carbonyl (C=O) groups is 1. The lowest BCUT2D eigenvalue weighted by molar-refractivity contribution is -0.274. The number of β-amino-alcohol motifs (C(OH)–C–C–N with tert-alkyl or cyclic N) is 1. The van der Waals surface area contributed by atoms with Crippen molar-refractivity contribution in [2.24, 2.45) is 0 Å². The maximum Gasteiger partial charge on any atom is 0.573 e. The van der Waals surface area contributed by atoms with Crippen molar-refractivity contribution < 1.29 is 27.8 Å². The number of aryl methyl sites for hydroxylation is 1. The molecule has 28 heavy (non-hydrogen) atoms. The number of ether oxygens (including phenoxy) is 1. The van der Waals surface area contributed by atoms with Gasteiger partial charge in [0, 0.05) is 52.7 Å². The topological polar surface area (TPSA) is 56.2 Å². The molecule has 0 unspecified atom stereocenters. The van der Waals surface area contributed by atoms with E-state index in [1.807, 2.05) is 0 Å². The molecule has 1 N–H and O–H groups in total. The van der Waals surface area contributed by atoms with Gasteiger partial charge in [-0.05, 0) is 31.2 Å². The highest BCUT2D eigenvalue weighted by Crippen LogP contribution is 2.23. The van der Waals surface area contributed by atoms with Crippen LogP contribution in [0.25, 0.3) is 0 Å². The molecule has 0 saturated carbocycles. The molecule has 1 atom stereocenters. The minimum Gasteiger partial charge on any atom is -0.406 e. The van der Waals surface area contributed by atoms with Crippen LogP contribution >= 0.6 is 0 Å². The second kappa shape index (κ2) is 10.1. The van der Waals surface area contributed by atoms with Crippen LogP contribution in [0.4, 0.5) is 13.2 Å². The van der Waals surface area contributed by atoms with Gasteiger partial charge in [-0.15, -0.1) is 13.2 Å². The maximum absolute atomic E-state index is 12.3. The summed E-state index contributed by atoms with van der Waals surface area (Å²) >= 11 is 0. The fourth-order valence-corrected chi connectivity index (χ4v) is 3.10. The number of likely N-dealkylation sites (N-methyl/N-ethyl adjacent to an activating group) is 2. The Bertz CT molecular complexity index is 617. The first-order valence-electron chi connectivity index (χ1n) is 9.30. The molecule has 2 rings (SSSR count). The Labute approximate surface area is 163 Å². The molecule has 1 aromatic rings. The zero-order valence-electron chi connectivity index (χ0n) is 16.3. The summed E-state index contributed by atoms with van der Waals surface area (Å²) < 4.78 is 40.3. The lowest BCUT2D eigenvalue weighted by atomic mass is 10.1. The summed E-state index contributed by atoms with van der Waals surface area (Å²) in [5.41, 5.74) is 0.745. The number of rotatable bonds is 8. The van der Waals surface area contributed by atoms with Crippen molar-refractivity contribution in [2.45, 2.75) is 25.3 Å². The van der Waals surface area contributed by atoms with Crippen molar-refractivity contribution >= 4 is 5.91 Å². The van der Waals surface area contributed by atoms with Crippen LogP contribution in [0.2, 0.25) is 0 Å². The normalized spacial score (nSPS) is 17.4. The molecule has 0 spiro atoms. The van der Waals surface area contributed by atoms with E-state index < -0.39 is 12.5 Å². The number of hydrogen-bond acceptors (Lipinski definition) is 5. The van der Waals surface area contributed by atoms with Gasteiger partial charge >= 0.3 is 6.36 Å². The van der Waals surface area contributed by atoms with Crippen LogP contribution in [-0.2, 0) is 11.2 Å². The van der Waals surface area contributed by atoms with E-state index in [1.54, 1.807) is 7.05 Å². The van der Waals surface area contributed by atoms with Gasteiger partial charge in [0.25, 0.3) is 0 Å². The summed E-state index contributed by atoms with van der Waals surface area (Å²) in [5.74, 6) is -0.403. The van der Waals surface area contributed by atoms with E-state index in [-0.39, 0.29) is 24.6 Å². The Kier molecular flexibility index (Phi) is 8.09. The molecular formula is C19H28F3N3O3. The predicted octanol–water partition coefficient (Wildman–Crippen LogP) is 1.58. The molecule has 0 aliphatic carbocycles. The molecule has 158 valence electrons. The number of piperazine rings is 1. The van der Waals surface area contributed by atoms with Crippen LogP contribution in [-0.4, -0.2) is 91.5 Å². The Morgan fingerprint density at radius 2 is 1.82 bits per heavy atom. The molecule has 1 fully saturated rings. The molecule has 1 amide bonds. The minimum absolute atomic E-state index is 0.118. The van der Waals surface area contributed by atoms with Gasteiger partial charge in [-0.3, -0.25) is 9.69 Å². The molecular weight excluding hydrogens is 375 g/mol. The third-order valence-electron chi connectivity index (χ3n) is 4.76. The van der Waals surface area contributed by atoms with Crippen LogP contribution in [0.5, 0.6) is 5.75 Å². The maximum atomic E-state index is 12.3. The van der Waals surface area contributed by atoms with Crippen molar-refractivity contribution in [1.29, 1.82) is 0 Å². The number of nitrogens with zero attached hydrogens (tertiary/aromatic N) is 3. The largest absolute Gasteiger partial charge is 0.573 e. The fraction of sp³-hybridized carbons (Fsp3) is 0.632. The number of benzene rings is 1. The van der Waals surface area contributed by atoms with E-state index >= 15 is 0 Å². The van der Waals surface area contributed by atoms with Gasteiger partial charge in [0.15, 0.2) is 0 Å². The summed E-state index contributed by atoms with van der Waals surface area (Å²) in [6.07, 6.45) is -4.71. The smallest absolute Gasteiger partial charge is 0.406 e. The Hall–Kier alpha value is -1.84. The van der Waals surface area contributed by atoms with E-state index in [0.717, 1.165) is 31.7 Å². The number of aliphatic hydroxyl groups excluding tert-OH is 1. The van der Waals surface area contributed by atoms with Crippen molar-refractivity contribution in [3.8, 4) is 5.75 Å². The van der Waals surface area contributed by atoms with Gasteiger partial charge in [-0.1, -0.05) is 12.1 Å². The average molecular weight is 403 g/mol. The van der Waals surface area contributed by atoms with Crippen molar-refractivity contribution in [3.05, 3.63) is 29.8 Å². The summed E-state index contributed by atoms with van der Waals surface area (Å²) in [6.45, 7) is 4.52. The number of amides is 1. The number of hydrogen-bond donors (Lipinski definition) is 1. The highest BCUT2D eigenvalue weighted by molar-refractivity contribution is 5.76. The zero-order valence-corrected chi connectivity index (χ0v) is 16.3. The van der Waals surface area contributed by atoms with E-state index in [9.17, 15) is 23.1 Å². The molecule has 6 nitrogen and oxygen atoms in total. The first-order valence-corrected chi connectivity index (χ1v) is 9.30. The van der Waals surface area contributed by atoms with E-state index in [0.29, 0.717) is 13.0 Å². The number of halogens is 3. The molecule has 0 aromatic heterocycles. The van der Waals surface area contributed by atoms with Crippen molar-refractivity contribution in [1.82, 2.24) is 14.7 Å². The van der Waals surface area contributed by atoms with Gasteiger partial charge in [0.2, 0.25) is 5.91 Å². The quantitative estimate of drug-likeness (QED) is 0.715. The van der Waals surface area contributed by atoms with Crippen molar-refractivity contribution in [3.63, 3.8) is 0 Å². The third kappa shape index (κ3) is 8.04. The summed E-state index contributed by atoms with van der Waals surface area (Å²) in [7, 11) is 3.72. The monoisotopic (exact) mass is 403 g/mol. The molecule has 0 bridgehead atoms. The number of aliphatic hydroxyl groups is 1. The first kappa shape index (κ1) is 22.4. The van der Waals surface area contributed by atoms with Gasteiger partial charge in [0.1, 0.15) is 5.75 Å². The fourth-order valence-electron chi connectivity index (χ4n) is 3.10. The summed E-state index contributed by atoms with van der Waals surface area (Å²) in [4.78, 5) is 18.2. The molecule has 1 aliphatic rings. The number of alkyl halides is 3. The lowest BCUT2D eigenvalue weighted by Crippen LogP contribution is -2.49. The Morgan fingerprint density at radius 3 is 2.39 bits per heavy atom. The van der Waals surface area contributed by atoms with Crippen LogP contribution in [0, 0.1) is 0 Å². The summed E-state index contributed by atoms with van der Waals surface area (Å²) in [6, 6.07) is 5.49. The SMILES string of the molecule is CN1CCN(C[C@@H](O)CN(C)C(=O)CCc2ccc(OC(F)(F)F)cc2)CC1. The Balaban J connectivity index is 1.71. The second-order valence-corrected chi connectivity index (χ2v) is 7.22. The van der Waals surface area contributed by atoms with Crippen LogP contribution in [0.3, 0.4) is 0 Å². The molecule has 0 radical (unpaired) electrons. The molecule has 1 saturated heterocycles. The van der Waals surface area contributed by atoms with Gasteiger partial charge in [0.05, 0.1) is 6.10 Å². The van der Waals surface area contributed by atoms with Gasteiger partial charge < -0.3 is 19.6 Å². The van der Waals surface area contributed by atoms with Crippen LogP contribution in [0.15, 0.2) is 24.3 Å². The average Bonchev–Trinajstić information content (AvgIpc) is 2.61. The van der Waals surface area contributed by atoms with Crippen LogP contribution < -0.4 is 4.74 Å². The second-order valence-electron chi connectivity index (χ2n) is 7.22. The van der Waals surface area contributed by atoms with E-state index in [4.69, 9.17) is 0 Å².